The lowest BCUT2D eigenvalue weighted by molar-refractivity contribution is -0.126. The van der Waals surface area contributed by atoms with Crippen LogP contribution in [-0.2, 0) is 11.3 Å². The standard InChI is InChI=1S/C19H29N3O3/c1-14(2)9-11-25-17-8-4-3-6-15(17)12-21-18(23)16-7-5-10-22(13-16)19(20)24/h3-4,6,8,14,16H,5,7,9-13H2,1-2H3,(H2,20,24)(H,21,23)/t16-/m0/s1. The number of benzene rings is 1. The van der Waals surface area contributed by atoms with Gasteiger partial charge < -0.3 is 20.7 Å². The maximum atomic E-state index is 12.4. The fraction of sp³-hybridized carbons (Fsp3) is 0.579. The van der Waals surface area contributed by atoms with Gasteiger partial charge in [0, 0.05) is 25.2 Å². The molecule has 3 N–H and O–H groups in total. The van der Waals surface area contributed by atoms with Gasteiger partial charge in [0.25, 0.3) is 0 Å². The van der Waals surface area contributed by atoms with Crippen LogP contribution >= 0.6 is 0 Å². The number of amides is 3. The maximum absolute atomic E-state index is 12.4. The molecule has 2 rings (SSSR count). The number of hydrogen-bond acceptors (Lipinski definition) is 3. The van der Waals surface area contributed by atoms with Crippen LogP contribution in [0.2, 0.25) is 0 Å². The molecule has 0 aliphatic carbocycles. The minimum atomic E-state index is -0.457. The highest BCUT2D eigenvalue weighted by Gasteiger charge is 2.27. The molecule has 6 nitrogen and oxygen atoms in total. The van der Waals surface area contributed by atoms with Gasteiger partial charge in [-0.2, -0.15) is 0 Å². The Balaban J connectivity index is 1.88. The molecule has 1 aromatic carbocycles. The molecule has 0 spiro atoms. The van der Waals surface area contributed by atoms with E-state index in [1.807, 2.05) is 24.3 Å². The number of para-hydroxylation sites is 1. The Morgan fingerprint density at radius 2 is 2.12 bits per heavy atom. The second kappa shape index (κ2) is 9.30. The smallest absolute Gasteiger partial charge is 0.314 e. The highest BCUT2D eigenvalue weighted by Crippen LogP contribution is 2.20. The predicted molar refractivity (Wildman–Crippen MR) is 97.1 cm³/mol. The highest BCUT2D eigenvalue weighted by atomic mass is 16.5. The van der Waals surface area contributed by atoms with Gasteiger partial charge in [-0.05, 0) is 31.2 Å². The number of carbonyl (C=O) groups is 2. The van der Waals surface area contributed by atoms with Gasteiger partial charge in [0.15, 0.2) is 0 Å². The van der Waals surface area contributed by atoms with E-state index >= 15 is 0 Å². The van der Waals surface area contributed by atoms with Crippen LogP contribution in [0, 0.1) is 11.8 Å². The lowest BCUT2D eigenvalue weighted by atomic mass is 9.97. The molecule has 1 aliphatic rings. The van der Waals surface area contributed by atoms with Gasteiger partial charge in [-0.15, -0.1) is 0 Å². The van der Waals surface area contributed by atoms with E-state index in [0.717, 1.165) is 30.6 Å². The second-order valence-electron chi connectivity index (χ2n) is 6.98. The molecular formula is C19H29N3O3. The molecule has 0 bridgehead atoms. The van der Waals surface area contributed by atoms with E-state index in [1.54, 1.807) is 0 Å². The summed E-state index contributed by atoms with van der Waals surface area (Å²) >= 11 is 0. The Morgan fingerprint density at radius 1 is 1.36 bits per heavy atom. The molecule has 1 fully saturated rings. The number of nitrogens with zero attached hydrogens (tertiary/aromatic N) is 1. The van der Waals surface area contributed by atoms with Crippen LogP contribution < -0.4 is 15.8 Å². The van der Waals surface area contributed by atoms with E-state index in [0.29, 0.717) is 32.2 Å². The Hall–Kier alpha value is -2.24. The number of rotatable bonds is 7. The number of primary amides is 1. The van der Waals surface area contributed by atoms with Crippen molar-refractivity contribution >= 4 is 11.9 Å². The van der Waals surface area contributed by atoms with Crippen molar-refractivity contribution in [3.63, 3.8) is 0 Å². The summed E-state index contributed by atoms with van der Waals surface area (Å²) in [5.74, 6) is 1.16. The Morgan fingerprint density at radius 3 is 2.84 bits per heavy atom. The van der Waals surface area contributed by atoms with Gasteiger partial charge in [0.2, 0.25) is 5.91 Å². The molecule has 138 valence electrons. The van der Waals surface area contributed by atoms with Crippen molar-refractivity contribution in [3.8, 4) is 5.75 Å². The maximum Gasteiger partial charge on any atom is 0.314 e. The molecular weight excluding hydrogens is 318 g/mol. The molecule has 0 saturated carbocycles. The van der Waals surface area contributed by atoms with Gasteiger partial charge in [0.05, 0.1) is 12.5 Å². The quantitative estimate of drug-likeness (QED) is 0.795. The summed E-state index contributed by atoms with van der Waals surface area (Å²) in [5, 5.41) is 2.97. The number of hydrogen-bond donors (Lipinski definition) is 2. The van der Waals surface area contributed by atoms with Crippen LogP contribution in [0.4, 0.5) is 4.79 Å². The Bertz CT molecular complexity index is 589. The van der Waals surface area contributed by atoms with Crippen molar-refractivity contribution < 1.29 is 14.3 Å². The van der Waals surface area contributed by atoms with Crippen molar-refractivity contribution in [2.24, 2.45) is 17.6 Å². The summed E-state index contributed by atoms with van der Waals surface area (Å²) in [6, 6.07) is 7.30. The number of carbonyl (C=O) groups excluding carboxylic acids is 2. The van der Waals surface area contributed by atoms with Crippen LogP contribution in [0.25, 0.3) is 0 Å². The number of piperidine rings is 1. The van der Waals surface area contributed by atoms with E-state index < -0.39 is 6.03 Å². The van der Waals surface area contributed by atoms with E-state index in [9.17, 15) is 9.59 Å². The van der Waals surface area contributed by atoms with E-state index in [4.69, 9.17) is 10.5 Å². The zero-order chi connectivity index (χ0) is 18.2. The van der Waals surface area contributed by atoms with Gasteiger partial charge >= 0.3 is 6.03 Å². The number of urea groups is 1. The third-order valence-electron chi connectivity index (χ3n) is 4.48. The first kappa shape index (κ1) is 19.1. The SMILES string of the molecule is CC(C)CCOc1ccccc1CNC(=O)[C@H]1CCCN(C(N)=O)C1. The average molecular weight is 347 g/mol. The van der Waals surface area contributed by atoms with Crippen molar-refractivity contribution in [2.45, 2.75) is 39.7 Å². The third-order valence-corrected chi connectivity index (χ3v) is 4.48. The van der Waals surface area contributed by atoms with E-state index in [1.165, 1.54) is 4.90 Å². The Labute approximate surface area is 149 Å². The van der Waals surface area contributed by atoms with Gasteiger partial charge in [-0.25, -0.2) is 4.79 Å². The van der Waals surface area contributed by atoms with Gasteiger partial charge in [0.1, 0.15) is 5.75 Å². The minimum Gasteiger partial charge on any atom is -0.493 e. The molecule has 3 amide bonds. The minimum absolute atomic E-state index is 0.0390. The number of ether oxygens (including phenoxy) is 1. The van der Waals surface area contributed by atoms with Gasteiger partial charge in [-0.1, -0.05) is 32.0 Å². The third kappa shape index (κ3) is 5.96. The van der Waals surface area contributed by atoms with Gasteiger partial charge in [-0.3, -0.25) is 4.79 Å². The monoisotopic (exact) mass is 347 g/mol. The Kier molecular flexibility index (Phi) is 7.10. The average Bonchev–Trinajstić information content (AvgIpc) is 2.60. The van der Waals surface area contributed by atoms with Crippen LogP contribution in [0.3, 0.4) is 0 Å². The fourth-order valence-electron chi connectivity index (χ4n) is 2.91. The lowest BCUT2D eigenvalue weighted by Gasteiger charge is -2.30. The fourth-order valence-corrected chi connectivity index (χ4v) is 2.91. The zero-order valence-corrected chi connectivity index (χ0v) is 15.2. The lowest BCUT2D eigenvalue weighted by Crippen LogP contribution is -2.47. The molecule has 1 aromatic rings. The van der Waals surface area contributed by atoms with Crippen molar-refractivity contribution in [3.05, 3.63) is 29.8 Å². The summed E-state index contributed by atoms with van der Waals surface area (Å²) in [6.45, 7) is 6.44. The molecule has 0 radical (unpaired) electrons. The first-order valence-corrected chi connectivity index (χ1v) is 9.00. The van der Waals surface area contributed by atoms with Crippen molar-refractivity contribution in [1.29, 1.82) is 0 Å². The zero-order valence-electron chi connectivity index (χ0n) is 15.2. The van der Waals surface area contributed by atoms with E-state index in [2.05, 4.69) is 19.2 Å². The number of nitrogens with two attached hydrogens (primary N) is 1. The van der Waals surface area contributed by atoms with Crippen molar-refractivity contribution in [2.75, 3.05) is 19.7 Å². The predicted octanol–water partition coefficient (Wildman–Crippen LogP) is 2.52. The molecule has 1 heterocycles. The molecule has 25 heavy (non-hydrogen) atoms. The molecule has 1 saturated heterocycles. The molecule has 0 aromatic heterocycles. The summed E-state index contributed by atoms with van der Waals surface area (Å²) in [4.78, 5) is 25.3. The largest absolute Gasteiger partial charge is 0.493 e. The van der Waals surface area contributed by atoms with Crippen LogP contribution in [-0.4, -0.2) is 36.5 Å². The molecule has 6 heteroatoms. The molecule has 1 aliphatic heterocycles. The first-order valence-electron chi connectivity index (χ1n) is 9.00. The topological polar surface area (TPSA) is 84.7 Å². The van der Waals surface area contributed by atoms with Crippen LogP contribution in [0.1, 0.15) is 38.7 Å². The number of nitrogens with one attached hydrogen (secondary N) is 1. The summed E-state index contributed by atoms with van der Waals surface area (Å²) in [6.07, 6.45) is 2.57. The van der Waals surface area contributed by atoms with E-state index in [-0.39, 0.29) is 11.8 Å². The number of likely N-dealkylation sites (tertiary alicyclic amines) is 1. The van der Waals surface area contributed by atoms with Crippen molar-refractivity contribution in [1.82, 2.24) is 10.2 Å². The molecule has 0 unspecified atom stereocenters. The summed E-state index contributed by atoms with van der Waals surface area (Å²) in [7, 11) is 0. The van der Waals surface area contributed by atoms with Crippen LogP contribution in [0.15, 0.2) is 24.3 Å². The summed E-state index contributed by atoms with van der Waals surface area (Å²) < 4.78 is 5.85. The molecule has 1 atom stereocenters. The second-order valence-corrected chi connectivity index (χ2v) is 6.98. The first-order chi connectivity index (χ1) is 12.0. The normalized spacial score (nSPS) is 17.4. The summed E-state index contributed by atoms with van der Waals surface area (Å²) in [5.41, 5.74) is 6.28. The highest BCUT2D eigenvalue weighted by molar-refractivity contribution is 5.80. The van der Waals surface area contributed by atoms with Crippen LogP contribution in [0.5, 0.6) is 5.75 Å².